The van der Waals surface area contributed by atoms with Crippen molar-refractivity contribution >= 4 is 16.5 Å². The summed E-state index contributed by atoms with van der Waals surface area (Å²) in [5.74, 6) is 0. The standard InChI is InChI=1S/C8H18O.K.O5P2/c1-2-3-4-5-6-7-8-9;;1-6(2)5-7(3)4/h9H,2-8H2,1H3;;/q;+1;/p+1. The molecule has 2 N–H and O–H groups in total. The molecule has 0 saturated heterocycles. The maximum absolute atomic E-state index is 9.35. The first-order chi connectivity index (χ1) is 7.54. The maximum Gasteiger partial charge on any atom is 1.00 e. The van der Waals surface area contributed by atoms with Gasteiger partial charge >= 0.3 is 67.9 Å². The summed E-state index contributed by atoms with van der Waals surface area (Å²) in [6.45, 7) is 2.58. The largest absolute Gasteiger partial charge is 1.00 e. The third kappa shape index (κ3) is 31.9. The Bertz CT molecular complexity index is 175. The van der Waals surface area contributed by atoms with E-state index in [2.05, 4.69) is 11.2 Å². The summed E-state index contributed by atoms with van der Waals surface area (Å²) in [7, 11) is -6.16. The summed E-state index contributed by atoms with van der Waals surface area (Å²) in [6.07, 6.45) is 7.50. The second kappa shape index (κ2) is 20.0. The Morgan fingerprint density at radius 1 is 1.12 bits per heavy atom. The number of hydrogen-bond donors (Lipinski definition) is 2. The predicted molar refractivity (Wildman–Crippen MR) is 59.0 cm³/mol. The van der Waals surface area contributed by atoms with Gasteiger partial charge in [-0.1, -0.05) is 39.0 Å². The van der Waals surface area contributed by atoms with E-state index in [1.807, 2.05) is 0 Å². The van der Waals surface area contributed by atoms with Crippen LogP contribution in [0.5, 0.6) is 0 Å². The molecule has 0 heterocycles. The Hall–Kier alpha value is 1.68. The van der Waals surface area contributed by atoms with Crippen LogP contribution >= 0.6 is 16.5 Å². The van der Waals surface area contributed by atoms with E-state index in [1.165, 1.54) is 32.1 Å². The summed E-state index contributed by atoms with van der Waals surface area (Å²) >= 11 is 0. The van der Waals surface area contributed by atoms with Crippen LogP contribution in [0.4, 0.5) is 0 Å². The SMILES string of the molecule is CCCCCCCCO.O=[P+]([O-])O[P+](=O)O.[K+]. The van der Waals surface area contributed by atoms with Gasteiger partial charge in [0, 0.05) is 11.2 Å². The molecule has 0 rings (SSSR count). The van der Waals surface area contributed by atoms with Crippen LogP contribution in [0.1, 0.15) is 45.4 Å². The summed E-state index contributed by atoms with van der Waals surface area (Å²) in [5, 5.41) is 8.42. The van der Waals surface area contributed by atoms with Crippen LogP contribution < -0.4 is 56.3 Å². The second-order valence-electron chi connectivity index (χ2n) is 3.03. The molecule has 0 amide bonds. The van der Waals surface area contributed by atoms with Crippen LogP contribution in [-0.4, -0.2) is 16.6 Å². The average molecular weight is 312 g/mol. The normalized spacial score (nSPS) is 10.8. The van der Waals surface area contributed by atoms with E-state index < -0.39 is 16.5 Å². The quantitative estimate of drug-likeness (QED) is 0.339. The van der Waals surface area contributed by atoms with Crippen molar-refractivity contribution < 1.29 is 79.7 Å². The number of hydrogen-bond acceptors (Lipinski definition) is 5. The first-order valence-corrected chi connectivity index (χ1v) is 7.36. The van der Waals surface area contributed by atoms with Crippen molar-refractivity contribution in [3.8, 4) is 0 Å². The Morgan fingerprint density at radius 3 is 1.88 bits per heavy atom. The molecule has 9 heteroatoms. The monoisotopic (exact) mass is 312 g/mol. The van der Waals surface area contributed by atoms with Gasteiger partial charge < -0.3 is 10.00 Å². The molecule has 0 aliphatic carbocycles. The molecule has 2 atom stereocenters. The molecule has 96 valence electrons. The van der Waals surface area contributed by atoms with Crippen molar-refractivity contribution in [3.63, 3.8) is 0 Å². The molecule has 0 aromatic rings. The van der Waals surface area contributed by atoms with Crippen LogP contribution in [0, 0.1) is 0 Å². The van der Waals surface area contributed by atoms with Gasteiger partial charge in [-0.2, -0.15) is 0 Å². The van der Waals surface area contributed by atoms with Crippen LogP contribution in [0.25, 0.3) is 0 Å². The minimum Gasteiger partial charge on any atom is -0.563 e. The Kier molecular flexibility index (Phi) is 27.9. The topological polar surface area (TPSA) is 107 Å². The molecular formula is C8H19KO6P2+2. The summed E-state index contributed by atoms with van der Waals surface area (Å²) in [4.78, 5) is 16.9. The summed E-state index contributed by atoms with van der Waals surface area (Å²) in [5.41, 5.74) is 0. The Morgan fingerprint density at radius 2 is 1.59 bits per heavy atom. The molecule has 0 aliphatic rings. The summed E-state index contributed by atoms with van der Waals surface area (Å²) in [6, 6.07) is 0. The van der Waals surface area contributed by atoms with Crippen molar-refractivity contribution in [1.82, 2.24) is 0 Å². The van der Waals surface area contributed by atoms with Gasteiger partial charge in [0.05, 0.1) is 0 Å². The van der Waals surface area contributed by atoms with E-state index in [-0.39, 0.29) is 51.4 Å². The van der Waals surface area contributed by atoms with Crippen molar-refractivity contribution in [1.29, 1.82) is 0 Å². The van der Waals surface area contributed by atoms with Gasteiger partial charge in [-0.3, -0.25) is 0 Å². The number of aliphatic hydroxyl groups is 1. The van der Waals surface area contributed by atoms with Crippen molar-refractivity contribution in [2.45, 2.75) is 45.4 Å². The van der Waals surface area contributed by atoms with E-state index in [4.69, 9.17) is 10.00 Å². The van der Waals surface area contributed by atoms with Crippen molar-refractivity contribution in [2.75, 3.05) is 6.61 Å². The fourth-order valence-electron chi connectivity index (χ4n) is 0.949. The van der Waals surface area contributed by atoms with Crippen molar-refractivity contribution in [3.05, 3.63) is 0 Å². The van der Waals surface area contributed by atoms with E-state index in [1.54, 1.807) is 0 Å². The maximum atomic E-state index is 9.35. The Labute approximate surface area is 146 Å². The minimum atomic E-state index is -3.17. The van der Waals surface area contributed by atoms with Gasteiger partial charge in [0.15, 0.2) is 0 Å². The fraction of sp³-hybridized carbons (Fsp3) is 1.00. The van der Waals surface area contributed by atoms with Gasteiger partial charge in [-0.25, -0.2) is 0 Å². The molecule has 0 radical (unpaired) electrons. The predicted octanol–water partition coefficient (Wildman–Crippen LogP) is -0.986. The molecule has 2 unspecified atom stereocenters. The second-order valence-corrected chi connectivity index (χ2v) is 4.61. The first kappa shape index (κ1) is 23.7. The third-order valence-electron chi connectivity index (χ3n) is 1.65. The van der Waals surface area contributed by atoms with E-state index in [0.717, 1.165) is 6.42 Å². The van der Waals surface area contributed by atoms with Crippen molar-refractivity contribution in [2.24, 2.45) is 0 Å². The molecule has 0 aromatic carbocycles. The molecule has 0 spiro atoms. The van der Waals surface area contributed by atoms with E-state index in [0.29, 0.717) is 6.61 Å². The number of unbranched alkanes of at least 4 members (excludes halogenated alkanes) is 5. The smallest absolute Gasteiger partial charge is 0.563 e. The van der Waals surface area contributed by atoms with E-state index in [9.17, 15) is 14.0 Å². The minimum absolute atomic E-state index is 0. The number of aliphatic hydroxyl groups excluding tert-OH is 1. The molecule has 0 fully saturated rings. The van der Waals surface area contributed by atoms with Gasteiger partial charge in [0.2, 0.25) is 0 Å². The molecular weight excluding hydrogens is 293 g/mol. The fourth-order valence-corrected chi connectivity index (χ4v) is 1.41. The Balaban J connectivity index is -0.000000224. The summed E-state index contributed by atoms with van der Waals surface area (Å²) < 4.78 is 21.9. The zero-order valence-electron chi connectivity index (χ0n) is 10.4. The molecule has 17 heavy (non-hydrogen) atoms. The molecule has 0 aromatic heterocycles. The third-order valence-corrected chi connectivity index (χ3v) is 2.74. The molecule has 0 saturated carbocycles. The first-order valence-electron chi connectivity index (χ1n) is 5.14. The zero-order valence-corrected chi connectivity index (χ0v) is 15.3. The van der Waals surface area contributed by atoms with E-state index >= 15 is 0 Å². The van der Waals surface area contributed by atoms with Gasteiger partial charge in [-0.15, -0.1) is 4.89 Å². The van der Waals surface area contributed by atoms with Gasteiger partial charge in [0.1, 0.15) is 4.31 Å². The van der Waals surface area contributed by atoms with Crippen LogP contribution in [-0.2, 0) is 13.4 Å². The molecule has 6 nitrogen and oxygen atoms in total. The van der Waals surface area contributed by atoms with Gasteiger partial charge in [-0.05, 0) is 11.0 Å². The van der Waals surface area contributed by atoms with Crippen LogP contribution in [0.3, 0.4) is 0 Å². The molecule has 0 bridgehead atoms. The zero-order chi connectivity index (χ0) is 12.8. The van der Waals surface area contributed by atoms with Crippen LogP contribution in [0.2, 0.25) is 0 Å². The average Bonchev–Trinajstić information content (AvgIpc) is 2.16. The molecule has 0 aliphatic heterocycles. The van der Waals surface area contributed by atoms with Crippen LogP contribution in [0.15, 0.2) is 0 Å². The number of rotatable bonds is 8. The van der Waals surface area contributed by atoms with Gasteiger partial charge in [0.25, 0.3) is 0 Å².